The van der Waals surface area contributed by atoms with Crippen molar-refractivity contribution in [2.24, 2.45) is 5.73 Å². The largest absolute Gasteiger partial charge is 0.497 e. The molecule has 1 aromatic carbocycles. The van der Waals surface area contributed by atoms with E-state index < -0.39 is 0 Å². The molecule has 0 aromatic heterocycles. The Balaban J connectivity index is 2.13. The highest BCUT2D eigenvalue weighted by Crippen LogP contribution is 2.31. The third kappa shape index (κ3) is 3.78. The van der Waals surface area contributed by atoms with Crippen LogP contribution in [0.25, 0.3) is 0 Å². The van der Waals surface area contributed by atoms with Gasteiger partial charge in [-0.2, -0.15) is 0 Å². The second-order valence-electron chi connectivity index (χ2n) is 6.45. The van der Waals surface area contributed by atoms with Crippen LogP contribution in [0.5, 0.6) is 5.75 Å². The van der Waals surface area contributed by atoms with Gasteiger partial charge in [-0.25, -0.2) is 0 Å². The summed E-state index contributed by atoms with van der Waals surface area (Å²) < 4.78 is 5.24. The van der Waals surface area contributed by atoms with Gasteiger partial charge in [-0.1, -0.05) is 31.9 Å². The number of methoxy groups -OCH3 is 1. The number of hydrogen-bond donors (Lipinski definition) is 1. The lowest BCUT2D eigenvalue weighted by molar-refractivity contribution is 0.0688. The maximum Gasteiger partial charge on any atom is 0.118 e. The van der Waals surface area contributed by atoms with E-state index in [2.05, 4.69) is 30.9 Å². The predicted octanol–water partition coefficient (Wildman–Crippen LogP) is 3.22. The molecule has 1 atom stereocenters. The molecule has 1 aromatic rings. The first-order chi connectivity index (χ1) is 10.1. The highest BCUT2D eigenvalue weighted by atomic mass is 16.5. The molecule has 0 aliphatic heterocycles. The van der Waals surface area contributed by atoms with Crippen molar-refractivity contribution >= 4 is 0 Å². The van der Waals surface area contributed by atoms with E-state index in [4.69, 9.17) is 10.5 Å². The number of hydrogen-bond acceptors (Lipinski definition) is 3. The molecule has 0 bridgehead atoms. The van der Waals surface area contributed by atoms with Gasteiger partial charge in [0.15, 0.2) is 0 Å². The average molecular weight is 290 g/mol. The van der Waals surface area contributed by atoms with Crippen molar-refractivity contribution in [1.82, 2.24) is 4.90 Å². The van der Waals surface area contributed by atoms with Crippen molar-refractivity contribution in [3.8, 4) is 5.75 Å². The van der Waals surface area contributed by atoms with Gasteiger partial charge in [0.05, 0.1) is 7.11 Å². The van der Waals surface area contributed by atoms with Crippen molar-refractivity contribution in [2.75, 3.05) is 20.2 Å². The Morgan fingerprint density at radius 1 is 1.24 bits per heavy atom. The average Bonchev–Trinajstić information content (AvgIpc) is 3.02. The van der Waals surface area contributed by atoms with Crippen LogP contribution in [0.15, 0.2) is 24.3 Å². The Hall–Kier alpha value is -1.06. The molecule has 1 aliphatic rings. The summed E-state index contributed by atoms with van der Waals surface area (Å²) in [6.07, 6.45) is 6.38. The van der Waals surface area contributed by atoms with Crippen molar-refractivity contribution in [2.45, 2.75) is 57.5 Å². The number of benzene rings is 1. The second-order valence-corrected chi connectivity index (χ2v) is 6.45. The van der Waals surface area contributed by atoms with Gasteiger partial charge in [0.25, 0.3) is 0 Å². The van der Waals surface area contributed by atoms with Crippen molar-refractivity contribution in [3.05, 3.63) is 29.8 Å². The van der Waals surface area contributed by atoms with Crippen LogP contribution in [0.1, 0.15) is 45.1 Å². The molecule has 0 amide bonds. The Morgan fingerprint density at radius 3 is 2.33 bits per heavy atom. The predicted molar refractivity (Wildman–Crippen MR) is 88.8 cm³/mol. The molecular formula is C18H30N2O. The lowest BCUT2D eigenvalue weighted by Crippen LogP contribution is -2.56. The van der Waals surface area contributed by atoms with Gasteiger partial charge in [0.2, 0.25) is 0 Å². The van der Waals surface area contributed by atoms with Crippen LogP contribution in [-0.4, -0.2) is 36.7 Å². The van der Waals surface area contributed by atoms with Gasteiger partial charge in [0.1, 0.15) is 5.75 Å². The van der Waals surface area contributed by atoms with E-state index in [-0.39, 0.29) is 5.54 Å². The zero-order chi connectivity index (χ0) is 15.3. The summed E-state index contributed by atoms with van der Waals surface area (Å²) in [7, 11) is 1.71. The quantitative estimate of drug-likeness (QED) is 0.838. The van der Waals surface area contributed by atoms with Gasteiger partial charge >= 0.3 is 0 Å². The van der Waals surface area contributed by atoms with Crippen LogP contribution in [0.3, 0.4) is 0 Å². The van der Waals surface area contributed by atoms with Crippen molar-refractivity contribution < 1.29 is 4.74 Å². The maximum absolute atomic E-state index is 6.19. The normalized spacial score (nSPS) is 18.9. The molecule has 0 heterocycles. The van der Waals surface area contributed by atoms with Crippen LogP contribution < -0.4 is 10.5 Å². The molecule has 1 aliphatic carbocycles. The molecule has 2 N–H and O–H groups in total. The fourth-order valence-electron chi connectivity index (χ4n) is 3.77. The number of rotatable bonds is 7. The van der Waals surface area contributed by atoms with Crippen molar-refractivity contribution in [3.63, 3.8) is 0 Å². The number of ether oxygens (including phenoxy) is 1. The Kier molecular flexibility index (Phi) is 5.65. The van der Waals surface area contributed by atoms with Gasteiger partial charge < -0.3 is 10.5 Å². The Bertz CT molecular complexity index is 425. The molecule has 1 unspecified atom stereocenters. The summed E-state index contributed by atoms with van der Waals surface area (Å²) in [4.78, 5) is 2.64. The fourth-order valence-corrected chi connectivity index (χ4v) is 3.77. The smallest absolute Gasteiger partial charge is 0.118 e. The third-order valence-corrected chi connectivity index (χ3v) is 4.98. The summed E-state index contributed by atoms with van der Waals surface area (Å²) in [6.45, 7) is 6.36. The number of likely N-dealkylation sites (N-methyl/N-ethyl adjacent to an activating group) is 1. The number of nitrogens with two attached hydrogens (primary N) is 1. The Labute approximate surface area is 129 Å². The SMILES string of the molecule is CCN(C1CCCC1)C(C)(CN)Cc1ccc(OC)cc1. The summed E-state index contributed by atoms with van der Waals surface area (Å²) in [5.41, 5.74) is 7.56. The molecule has 118 valence electrons. The van der Waals surface area contributed by atoms with E-state index in [0.29, 0.717) is 12.6 Å². The first kappa shape index (κ1) is 16.3. The summed E-state index contributed by atoms with van der Waals surface area (Å²) in [5, 5.41) is 0. The molecule has 3 heteroatoms. The zero-order valence-electron chi connectivity index (χ0n) is 13.8. The van der Waals surface area contributed by atoms with E-state index >= 15 is 0 Å². The van der Waals surface area contributed by atoms with Crippen LogP contribution in [0.2, 0.25) is 0 Å². The lowest BCUT2D eigenvalue weighted by atomic mass is 9.89. The highest BCUT2D eigenvalue weighted by molar-refractivity contribution is 5.28. The molecule has 2 rings (SSSR count). The fraction of sp³-hybridized carbons (Fsp3) is 0.667. The van der Waals surface area contributed by atoms with E-state index in [1.54, 1.807) is 7.11 Å². The highest BCUT2D eigenvalue weighted by Gasteiger charge is 2.35. The Morgan fingerprint density at radius 2 is 1.86 bits per heavy atom. The van der Waals surface area contributed by atoms with Crippen LogP contribution in [-0.2, 0) is 6.42 Å². The minimum Gasteiger partial charge on any atom is -0.497 e. The molecular weight excluding hydrogens is 260 g/mol. The summed E-state index contributed by atoms with van der Waals surface area (Å²) >= 11 is 0. The monoisotopic (exact) mass is 290 g/mol. The van der Waals surface area contributed by atoms with Gasteiger partial charge in [-0.3, -0.25) is 4.90 Å². The topological polar surface area (TPSA) is 38.5 Å². The van der Waals surface area contributed by atoms with E-state index in [1.807, 2.05) is 12.1 Å². The van der Waals surface area contributed by atoms with Gasteiger partial charge in [-0.05, 0) is 50.4 Å². The second kappa shape index (κ2) is 7.28. The van der Waals surface area contributed by atoms with Crippen LogP contribution in [0.4, 0.5) is 0 Å². The van der Waals surface area contributed by atoms with Gasteiger partial charge in [0, 0.05) is 18.1 Å². The molecule has 0 saturated heterocycles. The summed E-state index contributed by atoms with van der Waals surface area (Å²) in [6, 6.07) is 9.11. The standard InChI is InChI=1S/C18H30N2O/c1-4-20(16-7-5-6-8-16)18(2,14-19)13-15-9-11-17(21-3)12-10-15/h9-12,16H,4-8,13-14,19H2,1-3H3. The first-order valence-electron chi connectivity index (χ1n) is 8.22. The zero-order valence-corrected chi connectivity index (χ0v) is 13.8. The van der Waals surface area contributed by atoms with E-state index in [0.717, 1.165) is 18.7 Å². The molecule has 0 radical (unpaired) electrons. The minimum absolute atomic E-state index is 0.0400. The first-order valence-corrected chi connectivity index (χ1v) is 8.22. The third-order valence-electron chi connectivity index (χ3n) is 4.98. The lowest BCUT2D eigenvalue weighted by Gasteiger charge is -2.44. The molecule has 0 spiro atoms. The summed E-state index contributed by atoms with van der Waals surface area (Å²) in [5.74, 6) is 0.913. The van der Waals surface area contributed by atoms with Crippen LogP contribution >= 0.6 is 0 Å². The maximum atomic E-state index is 6.19. The van der Waals surface area contributed by atoms with E-state index in [9.17, 15) is 0 Å². The minimum atomic E-state index is 0.0400. The van der Waals surface area contributed by atoms with Crippen LogP contribution in [0, 0.1) is 0 Å². The van der Waals surface area contributed by atoms with E-state index in [1.165, 1.54) is 31.2 Å². The molecule has 1 saturated carbocycles. The molecule has 1 fully saturated rings. The van der Waals surface area contributed by atoms with Gasteiger partial charge in [-0.15, -0.1) is 0 Å². The molecule has 3 nitrogen and oxygen atoms in total. The van der Waals surface area contributed by atoms with Crippen molar-refractivity contribution in [1.29, 1.82) is 0 Å². The molecule has 21 heavy (non-hydrogen) atoms. The number of nitrogens with zero attached hydrogens (tertiary/aromatic N) is 1.